The Kier molecular flexibility index (Phi) is 5.78. The molecule has 0 fully saturated rings. The molecule has 0 N–H and O–H groups in total. The number of hydrogen-bond donors (Lipinski definition) is 0. The molecule has 7 aromatic rings. The minimum Gasteiger partial charge on any atom is -0.438 e. The molecule has 3 heterocycles. The van der Waals surface area contributed by atoms with Gasteiger partial charge in [0, 0.05) is 22.0 Å². The van der Waals surface area contributed by atoms with E-state index in [9.17, 15) is 0 Å². The first-order valence-electron chi connectivity index (χ1n) is 14.0. The summed E-state index contributed by atoms with van der Waals surface area (Å²) in [6.07, 6.45) is 0. The Balaban J connectivity index is 1.45. The summed E-state index contributed by atoms with van der Waals surface area (Å²) in [7, 11) is 0. The van der Waals surface area contributed by atoms with E-state index in [2.05, 4.69) is 129 Å². The van der Waals surface area contributed by atoms with Crippen LogP contribution in [0.25, 0.3) is 61.3 Å². The summed E-state index contributed by atoms with van der Waals surface area (Å²) < 4.78 is 8.49. The molecule has 7 rings (SSSR count). The van der Waals surface area contributed by atoms with Crippen molar-refractivity contribution < 1.29 is 4.42 Å². The number of pyridine rings is 1. The maximum absolute atomic E-state index is 6.18. The Morgan fingerprint density at radius 2 is 1.40 bits per heavy atom. The van der Waals surface area contributed by atoms with E-state index < -0.39 is 0 Å². The van der Waals surface area contributed by atoms with Crippen molar-refractivity contribution in [3.05, 3.63) is 114 Å². The van der Waals surface area contributed by atoms with Crippen LogP contribution in [0.1, 0.15) is 50.8 Å². The number of benzene rings is 4. The molecule has 0 unspecified atom stereocenters. The standard InChI is InChI=1S/C36H31N3O/c1-22(2)28-20-25(24-10-6-5-7-11-24)14-18-32(28)39-33-13-9-8-12-31(33)37-35(39)26-15-19-34-29(21-26)27-16-17-30(23(3)4)38-36(27)40-34/h5-23H,1-4H3. The van der Waals surface area contributed by atoms with Crippen LogP contribution < -0.4 is 0 Å². The van der Waals surface area contributed by atoms with Crippen LogP contribution in [0.3, 0.4) is 0 Å². The van der Waals surface area contributed by atoms with Gasteiger partial charge in [0.05, 0.1) is 16.7 Å². The van der Waals surface area contributed by atoms with E-state index >= 15 is 0 Å². The molecular formula is C36H31N3O. The quantitative estimate of drug-likeness (QED) is 0.226. The van der Waals surface area contributed by atoms with E-state index in [1.165, 1.54) is 16.7 Å². The SMILES string of the molecule is CC(C)c1ccc2c(n1)oc1ccc(-c3nc4ccccc4n3-c3ccc(-c4ccccc4)cc3C(C)C)cc12. The number of hydrogen-bond acceptors (Lipinski definition) is 3. The van der Waals surface area contributed by atoms with E-state index in [4.69, 9.17) is 14.4 Å². The molecule has 0 bridgehead atoms. The van der Waals surface area contributed by atoms with Gasteiger partial charge in [-0.3, -0.25) is 4.57 Å². The Bertz CT molecular complexity index is 2010. The third kappa shape index (κ3) is 3.99. The van der Waals surface area contributed by atoms with Gasteiger partial charge in [0.25, 0.3) is 0 Å². The predicted molar refractivity (Wildman–Crippen MR) is 165 cm³/mol. The van der Waals surface area contributed by atoms with Gasteiger partial charge in [0.1, 0.15) is 11.4 Å². The van der Waals surface area contributed by atoms with Crippen LogP contribution in [-0.2, 0) is 0 Å². The fourth-order valence-electron chi connectivity index (χ4n) is 5.63. The lowest BCUT2D eigenvalue weighted by molar-refractivity contribution is 0.647. The van der Waals surface area contributed by atoms with Crippen LogP contribution in [0.4, 0.5) is 0 Å². The molecule has 0 radical (unpaired) electrons. The van der Waals surface area contributed by atoms with Crippen LogP contribution in [0, 0.1) is 0 Å². The lowest BCUT2D eigenvalue weighted by Crippen LogP contribution is -2.04. The number of aromatic nitrogens is 3. The van der Waals surface area contributed by atoms with E-state index in [1.54, 1.807) is 0 Å². The molecule has 0 aliphatic carbocycles. The molecule has 3 aromatic heterocycles. The van der Waals surface area contributed by atoms with Gasteiger partial charge in [-0.15, -0.1) is 0 Å². The number of fused-ring (bicyclic) bond motifs is 4. The second kappa shape index (κ2) is 9.49. The number of furan rings is 1. The zero-order valence-corrected chi connectivity index (χ0v) is 23.2. The van der Waals surface area contributed by atoms with E-state index in [1.807, 2.05) is 6.07 Å². The van der Waals surface area contributed by atoms with Crippen molar-refractivity contribution in [1.29, 1.82) is 0 Å². The molecule has 0 aliphatic heterocycles. The minimum absolute atomic E-state index is 0.328. The van der Waals surface area contributed by atoms with Gasteiger partial charge in [-0.2, -0.15) is 0 Å². The number of nitrogens with zero attached hydrogens (tertiary/aromatic N) is 3. The summed E-state index contributed by atoms with van der Waals surface area (Å²) in [4.78, 5) is 9.96. The van der Waals surface area contributed by atoms with E-state index in [-0.39, 0.29) is 0 Å². The third-order valence-corrected chi connectivity index (χ3v) is 7.77. The van der Waals surface area contributed by atoms with Crippen molar-refractivity contribution in [2.45, 2.75) is 39.5 Å². The first kappa shape index (κ1) is 24.3. The van der Waals surface area contributed by atoms with Crippen molar-refractivity contribution in [3.63, 3.8) is 0 Å². The smallest absolute Gasteiger partial charge is 0.227 e. The molecule has 196 valence electrons. The van der Waals surface area contributed by atoms with Crippen molar-refractivity contribution >= 4 is 33.1 Å². The van der Waals surface area contributed by atoms with E-state index in [0.717, 1.165) is 50.2 Å². The zero-order chi connectivity index (χ0) is 27.4. The molecule has 0 amide bonds. The summed E-state index contributed by atoms with van der Waals surface area (Å²) in [6.45, 7) is 8.82. The van der Waals surface area contributed by atoms with E-state index in [0.29, 0.717) is 17.5 Å². The van der Waals surface area contributed by atoms with Gasteiger partial charge in [0.2, 0.25) is 5.71 Å². The Morgan fingerprint density at radius 3 is 2.20 bits per heavy atom. The molecule has 0 atom stereocenters. The summed E-state index contributed by atoms with van der Waals surface area (Å²) in [5, 5.41) is 2.08. The second-order valence-electron chi connectivity index (χ2n) is 11.1. The highest BCUT2D eigenvalue weighted by molar-refractivity contribution is 6.05. The van der Waals surface area contributed by atoms with Gasteiger partial charge < -0.3 is 4.42 Å². The second-order valence-corrected chi connectivity index (χ2v) is 11.1. The zero-order valence-electron chi connectivity index (χ0n) is 23.2. The van der Waals surface area contributed by atoms with Crippen LogP contribution >= 0.6 is 0 Å². The lowest BCUT2D eigenvalue weighted by Gasteiger charge is -2.18. The summed E-state index contributed by atoms with van der Waals surface area (Å²) in [5.74, 6) is 1.59. The molecule has 40 heavy (non-hydrogen) atoms. The van der Waals surface area contributed by atoms with Crippen LogP contribution in [0.15, 0.2) is 108 Å². The highest BCUT2D eigenvalue weighted by Crippen LogP contribution is 2.37. The largest absolute Gasteiger partial charge is 0.438 e. The normalized spacial score (nSPS) is 11.9. The first-order valence-corrected chi connectivity index (χ1v) is 14.0. The van der Waals surface area contributed by atoms with Crippen molar-refractivity contribution in [2.24, 2.45) is 0 Å². The van der Waals surface area contributed by atoms with Crippen LogP contribution in [0.5, 0.6) is 0 Å². The maximum Gasteiger partial charge on any atom is 0.227 e. The van der Waals surface area contributed by atoms with Gasteiger partial charge >= 0.3 is 0 Å². The Morgan fingerprint density at radius 1 is 0.625 bits per heavy atom. The fourth-order valence-corrected chi connectivity index (χ4v) is 5.63. The molecule has 4 heteroatoms. The fraction of sp³-hybridized carbons (Fsp3) is 0.167. The first-order chi connectivity index (χ1) is 19.5. The Hall–Kier alpha value is -4.70. The van der Waals surface area contributed by atoms with Crippen molar-refractivity contribution in [2.75, 3.05) is 0 Å². The molecule has 0 aliphatic rings. The summed E-state index contributed by atoms with van der Waals surface area (Å²) >= 11 is 0. The summed E-state index contributed by atoms with van der Waals surface area (Å²) in [6, 6.07) is 36.4. The third-order valence-electron chi connectivity index (χ3n) is 7.77. The molecule has 0 saturated heterocycles. The summed E-state index contributed by atoms with van der Waals surface area (Å²) in [5.41, 5.74) is 10.5. The monoisotopic (exact) mass is 521 g/mol. The average molecular weight is 522 g/mol. The molecule has 4 nitrogen and oxygen atoms in total. The van der Waals surface area contributed by atoms with Crippen molar-refractivity contribution in [3.8, 4) is 28.2 Å². The van der Waals surface area contributed by atoms with Gasteiger partial charge in [-0.1, -0.05) is 76.2 Å². The van der Waals surface area contributed by atoms with Gasteiger partial charge in [0.15, 0.2) is 0 Å². The number of rotatable bonds is 5. The number of para-hydroxylation sites is 2. The molecular weight excluding hydrogens is 490 g/mol. The topological polar surface area (TPSA) is 43.9 Å². The maximum atomic E-state index is 6.18. The van der Waals surface area contributed by atoms with Crippen LogP contribution in [0.2, 0.25) is 0 Å². The van der Waals surface area contributed by atoms with Crippen LogP contribution in [-0.4, -0.2) is 14.5 Å². The minimum atomic E-state index is 0.328. The number of imidazole rings is 1. The van der Waals surface area contributed by atoms with Gasteiger partial charge in [-0.25, -0.2) is 9.97 Å². The molecule has 4 aromatic carbocycles. The predicted octanol–water partition coefficient (Wildman–Crippen LogP) is 9.90. The Labute approximate surface area is 233 Å². The lowest BCUT2D eigenvalue weighted by atomic mass is 9.95. The van der Waals surface area contributed by atoms with Gasteiger partial charge in [-0.05, 0) is 83.1 Å². The molecule has 0 saturated carbocycles. The average Bonchev–Trinajstić information content (AvgIpc) is 3.55. The highest BCUT2D eigenvalue weighted by atomic mass is 16.3. The van der Waals surface area contributed by atoms with Crippen molar-refractivity contribution in [1.82, 2.24) is 14.5 Å². The molecule has 0 spiro atoms. The highest BCUT2D eigenvalue weighted by Gasteiger charge is 2.20.